The minimum absolute atomic E-state index is 0.0424. The number of likely N-dealkylation sites (N-methyl/N-ethyl adjacent to an activating group) is 1. The van der Waals surface area contributed by atoms with Crippen LogP contribution in [0.15, 0.2) is 34.7 Å². The largest absolute Gasteiger partial charge is 0.453 e. The first-order valence-electron chi connectivity index (χ1n) is 7.50. The Bertz CT molecular complexity index is 580. The number of rotatable bonds is 5. The number of fused-ring (bicyclic) bond motifs is 1. The molecule has 0 N–H and O–H groups in total. The topological polar surface area (TPSA) is 42.7 Å². The number of ketones is 1. The Morgan fingerprint density at radius 3 is 2.81 bits per heavy atom. The highest BCUT2D eigenvalue weighted by Crippen LogP contribution is 2.20. The van der Waals surface area contributed by atoms with Crippen molar-refractivity contribution < 1.29 is 13.9 Å². The lowest BCUT2D eigenvalue weighted by Gasteiger charge is -2.26. The molecule has 0 radical (unpaired) electrons. The van der Waals surface area contributed by atoms with Crippen LogP contribution in [0.4, 0.5) is 0 Å². The normalized spacial score (nSPS) is 16.7. The van der Waals surface area contributed by atoms with E-state index in [0.29, 0.717) is 18.2 Å². The van der Waals surface area contributed by atoms with Gasteiger partial charge in [0.2, 0.25) is 5.78 Å². The molecule has 1 fully saturated rings. The summed E-state index contributed by atoms with van der Waals surface area (Å²) in [6.07, 6.45) is 2.17. The van der Waals surface area contributed by atoms with Gasteiger partial charge in [-0.05, 0) is 37.9 Å². The molecule has 3 rings (SSSR count). The van der Waals surface area contributed by atoms with E-state index >= 15 is 0 Å². The number of para-hydroxylation sites is 1. The van der Waals surface area contributed by atoms with E-state index in [1.165, 1.54) is 0 Å². The van der Waals surface area contributed by atoms with Gasteiger partial charge in [0.1, 0.15) is 5.58 Å². The van der Waals surface area contributed by atoms with E-state index in [9.17, 15) is 4.79 Å². The lowest BCUT2D eigenvalue weighted by Crippen LogP contribution is -2.33. The summed E-state index contributed by atoms with van der Waals surface area (Å²) in [5.41, 5.74) is 0.771. The maximum Gasteiger partial charge on any atom is 0.211 e. The second kappa shape index (κ2) is 6.41. The summed E-state index contributed by atoms with van der Waals surface area (Å²) >= 11 is 0. The predicted octanol–water partition coefficient (Wildman–Crippen LogP) is 2.97. The molecule has 0 saturated carbocycles. The Labute approximate surface area is 124 Å². The standard InChI is InChI=1S/C17H21NO3/c1-18(11-13-6-8-20-9-7-13)12-15(19)17-10-14-4-2-3-5-16(14)21-17/h2-5,10,13H,6-9,11-12H2,1H3. The van der Waals surface area contributed by atoms with Crippen molar-refractivity contribution in [2.24, 2.45) is 5.92 Å². The first-order chi connectivity index (χ1) is 10.2. The molecule has 0 unspecified atom stereocenters. The predicted molar refractivity (Wildman–Crippen MR) is 81.6 cm³/mol. The number of carbonyl (C=O) groups is 1. The number of nitrogens with zero attached hydrogens (tertiary/aromatic N) is 1. The Morgan fingerprint density at radius 1 is 1.29 bits per heavy atom. The highest BCUT2D eigenvalue weighted by atomic mass is 16.5. The second-order valence-electron chi connectivity index (χ2n) is 5.82. The van der Waals surface area contributed by atoms with Crippen LogP contribution in [0.25, 0.3) is 11.0 Å². The number of hydrogen-bond acceptors (Lipinski definition) is 4. The molecular formula is C17H21NO3. The van der Waals surface area contributed by atoms with Gasteiger partial charge in [-0.25, -0.2) is 0 Å². The first-order valence-corrected chi connectivity index (χ1v) is 7.50. The molecular weight excluding hydrogens is 266 g/mol. The van der Waals surface area contributed by atoms with Crippen molar-refractivity contribution in [1.29, 1.82) is 0 Å². The van der Waals surface area contributed by atoms with E-state index in [4.69, 9.17) is 9.15 Å². The number of ether oxygens (including phenoxy) is 1. The van der Waals surface area contributed by atoms with E-state index in [-0.39, 0.29) is 5.78 Å². The van der Waals surface area contributed by atoms with Crippen LogP contribution in [-0.4, -0.2) is 44.0 Å². The van der Waals surface area contributed by atoms with Gasteiger partial charge in [-0.1, -0.05) is 18.2 Å². The smallest absolute Gasteiger partial charge is 0.211 e. The quantitative estimate of drug-likeness (QED) is 0.793. The van der Waals surface area contributed by atoms with Gasteiger partial charge >= 0.3 is 0 Å². The van der Waals surface area contributed by atoms with Crippen molar-refractivity contribution in [3.05, 3.63) is 36.1 Å². The highest BCUT2D eigenvalue weighted by molar-refractivity contribution is 5.98. The van der Waals surface area contributed by atoms with Crippen molar-refractivity contribution in [3.8, 4) is 0 Å². The van der Waals surface area contributed by atoms with Crippen LogP contribution in [0.1, 0.15) is 23.4 Å². The van der Waals surface area contributed by atoms with Crippen LogP contribution in [0.5, 0.6) is 0 Å². The number of furan rings is 1. The summed E-state index contributed by atoms with van der Waals surface area (Å²) in [5, 5.41) is 0.980. The fraction of sp³-hybridized carbons (Fsp3) is 0.471. The maximum absolute atomic E-state index is 12.3. The molecule has 21 heavy (non-hydrogen) atoms. The Kier molecular flexibility index (Phi) is 4.36. The molecule has 4 nitrogen and oxygen atoms in total. The molecule has 1 aromatic carbocycles. The molecule has 2 aromatic rings. The van der Waals surface area contributed by atoms with Gasteiger partial charge in [-0.15, -0.1) is 0 Å². The van der Waals surface area contributed by atoms with Crippen molar-refractivity contribution in [2.45, 2.75) is 12.8 Å². The Morgan fingerprint density at radius 2 is 2.05 bits per heavy atom. The maximum atomic E-state index is 12.3. The minimum Gasteiger partial charge on any atom is -0.453 e. The molecule has 0 amide bonds. The monoisotopic (exact) mass is 287 g/mol. The van der Waals surface area contributed by atoms with E-state index in [0.717, 1.165) is 43.6 Å². The molecule has 4 heteroatoms. The van der Waals surface area contributed by atoms with Gasteiger partial charge in [0, 0.05) is 25.1 Å². The van der Waals surface area contributed by atoms with Crippen molar-refractivity contribution in [1.82, 2.24) is 4.90 Å². The van der Waals surface area contributed by atoms with Gasteiger partial charge in [-0.3, -0.25) is 9.69 Å². The summed E-state index contributed by atoms with van der Waals surface area (Å²) in [6, 6.07) is 9.54. The van der Waals surface area contributed by atoms with Gasteiger partial charge in [0.05, 0.1) is 6.54 Å². The first kappa shape index (κ1) is 14.3. The number of Topliss-reactive ketones (excluding diaryl/α,β-unsaturated/α-hetero) is 1. The summed E-state index contributed by atoms with van der Waals surface area (Å²) in [7, 11) is 2.00. The van der Waals surface area contributed by atoms with Crippen LogP contribution in [0.2, 0.25) is 0 Å². The van der Waals surface area contributed by atoms with Gasteiger partial charge in [0.15, 0.2) is 5.76 Å². The van der Waals surface area contributed by atoms with Crippen LogP contribution in [0.3, 0.4) is 0 Å². The zero-order valence-corrected chi connectivity index (χ0v) is 12.4. The molecule has 0 bridgehead atoms. The van der Waals surface area contributed by atoms with Gasteiger partial charge < -0.3 is 9.15 Å². The third-order valence-corrected chi connectivity index (χ3v) is 4.02. The molecule has 0 spiro atoms. The molecule has 0 atom stereocenters. The lowest BCUT2D eigenvalue weighted by molar-refractivity contribution is 0.0547. The average Bonchev–Trinajstić information content (AvgIpc) is 2.92. The lowest BCUT2D eigenvalue weighted by atomic mass is 10.00. The highest BCUT2D eigenvalue weighted by Gasteiger charge is 2.19. The molecule has 1 aliphatic rings. The molecule has 1 aliphatic heterocycles. The van der Waals surface area contributed by atoms with Crippen molar-refractivity contribution >= 4 is 16.8 Å². The molecule has 2 heterocycles. The van der Waals surface area contributed by atoms with Crippen molar-refractivity contribution in [2.75, 3.05) is 33.4 Å². The number of carbonyl (C=O) groups excluding carboxylic acids is 1. The van der Waals surface area contributed by atoms with Gasteiger partial charge in [-0.2, -0.15) is 0 Å². The third kappa shape index (κ3) is 3.52. The number of hydrogen-bond donors (Lipinski definition) is 0. The second-order valence-corrected chi connectivity index (χ2v) is 5.82. The summed E-state index contributed by atoms with van der Waals surface area (Å²) < 4.78 is 11.0. The minimum atomic E-state index is 0.0424. The Balaban J connectivity index is 1.59. The SMILES string of the molecule is CN(CC(=O)c1cc2ccccc2o1)CC1CCOCC1. The van der Waals surface area contributed by atoms with Gasteiger partial charge in [0.25, 0.3) is 0 Å². The zero-order chi connectivity index (χ0) is 14.7. The van der Waals surface area contributed by atoms with Crippen LogP contribution < -0.4 is 0 Å². The van der Waals surface area contributed by atoms with E-state index in [1.807, 2.05) is 37.4 Å². The summed E-state index contributed by atoms with van der Waals surface area (Å²) in [4.78, 5) is 14.4. The van der Waals surface area contributed by atoms with Crippen LogP contribution in [0, 0.1) is 5.92 Å². The zero-order valence-electron chi connectivity index (χ0n) is 12.4. The van der Waals surface area contributed by atoms with Crippen LogP contribution >= 0.6 is 0 Å². The van der Waals surface area contributed by atoms with Crippen LogP contribution in [-0.2, 0) is 4.74 Å². The summed E-state index contributed by atoms with van der Waals surface area (Å²) in [5.74, 6) is 1.13. The average molecular weight is 287 g/mol. The summed E-state index contributed by atoms with van der Waals surface area (Å²) in [6.45, 7) is 3.03. The third-order valence-electron chi connectivity index (χ3n) is 4.02. The van der Waals surface area contributed by atoms with E-state index < -0.39 is 0 Å². The molecule has 1 saturated heterocycles. The van der Waals surface area contributed by atoms with Crippen molar-refractivity contribution in [3.63, 3.8) is 0 Å². The van der Waals surface area contributed by atoms with E-state index in [1.54, 1.807) is 0 Å². The number of benzene rings is 1. The fourth-order valence-electron chi connectivity index (χ4n) is 2.88. The Hall–Kier alpha value is -1.65. The molecule has 0 aliphatic carbocycles. The molecule has 1 aromatic heterocycles. The van der Waals surface area contributed by atoms with E-state index in [2.05, 4.69) is 4.90 Å². The molecule has 112 valence electrons. The fourth-order valence-corrected chi connectivity index (χ4v) is 2.88.